The number of morpholine rings is 1. The Bertz CT molecular complexity index is 275. The van der Waals surface area contributed by atoms with Crippen molar-refractivity contribution in [3.05, 3.63) is 0 Å². The third-order valence-corrected chi connectivity index (χ3v) is 3.67. The van der Waals surface area contributed by atoms with Gasteiger partial charge < -0.3 is 19.9 Å². The summed E-state index contributed by atoms with van der Waals surface area (Å²) in [7, 11) is 4.07. The maximum Gasteiger partial charge on any atom is 0.248 e. The fourth-order valence-electron chi connectivity index (χ4n) is 2.50. The second kappa shape index (κ2) is 5.33. The first-order valence-electron chi connectivity index (χ1n) is 6.38. The number of likely N-dealkylation sites (N-methyl/N-ethyl adjacent to an activating group) is 1. The molecule has 0 atom stereocenters. The molecule has 0 unspecified atom stereocenters. The van der Waals surface area contributed by atoms with Crippen LogP contribution in [0.5, 0.6) is 0 Å². The molecule has 1 spiro atoms. The molecular formula is C12H23N3O2. The van der Waals surface area contributed by atoms with Gasteiger partial charge in [0, 0.05) is 19.6 Å². The number of nitrogens with one attached hydrogen (secondary N) is 1. The molecule has 2 heterocycles. The van der Waals surface area contributed by atoms with Crippen molar-refractivity contribution in [1.82, 2.24) is 15.1 Å². The third-order valence-electron chi connectivity index (χ3n) is 3.67. The van der Waals surface area contributed by atoms with Gasteiger partial charge in [-0.1, -0.05) is 0 Å². The smallest absolute Gasteiger partial charge is 0.248 e. The molecule has 0 radical (unpaired) electrons. The Labute approximate surface area is 103 Å². The fourth-order valence-corrected chi connectivity index (χ4v) is 2.50. The Morgan fingerprint density at radius 3 is 2.76 bits per heavy atom. The summed E-state index contributed by atoms with van der Waals surface area (Å²) >= 11 is 0. The van der Waals surface area contributed by atoms with E-state index in [2.05, 4.69) is 10.2 Å². The zero-order valence-corrected chi connectivity index (χ0v) is 10.9. The average Bonchev–Trinajstić information content (AvgIpc) is 2.32. The van der Waals surface area contributed by atoms with Gasteiger partial charge in [0.2, 0.25) is 5.91 Å². The van der Waals surface area contributed by atoms with Crippen LogP contribution in [0.4, 0.5) is 0 Å². The topological polar surface area (TPSA) is 44.8 Å². The first-order chi connectivity index (χ1) is 8.11. The molecule has 2 saturated heterocycles. The number of nitrogens with zero attached hydrogens (tertiary/aromatic N) is 2. The summed E-state index contributed by atoms with van der Waals surface area (Å²) in [6.07, 6.45) is 2.03. The fraction of sp³-hybridized carbons (Fsp3) is 0.917. The summed E-state index contributed by atoms with van der Waals surface area (Å²) in [4.78, 5) is 15.9. The molecule has 0 aliphatic carbocycles. The van der Waals surface area contributed by atoms with Gasteiger partial charge in [0.05, 0.1) is 5.60 Å². The van der Waals surface area contributed by atoms with Crippen LogP contribution in [-0.2, 0) is 9.53 Å². The van der Waals surface area contributed by atoms with Crippen molar-refractivity contribution in [3.8, 4) is 0 Å². The molecule has 0 aromatic rings. The van der Waals surface area contributed by atoms with Crippen LogP contribution in [0, 0.1) is 0 Å². The van der Waals surface area contributed by atoms with E-state index < -0.39 is 0 Å². The van der Waals surface area contributed by atoms with Crippen molar-refractivity contribution in [2.75, 3.05) is 53.4 Å². The molecule has 1 amide bonds. The average molecular weight is 241 g/mol. The SMILES string of the molecule is CN(C)CCN1CC2(CCNCC2)OCC1=O. The quantitative estimate of drug-likeness (QED) is 0.725. The van der Waals surface area contributed by atoms with Gasteiger partial charge in [-0.25, -0.2) is 0 Å². The Morgan fingerprint density at radius 1 is 1.41 bits per heavy atom. The van der Waals surface area contributed by atoms with E-state index in [1.54, 1.807) is 0 Å². The second-order valence-corrected chi connectivity index (χ2v) is 5.34. The summed E-state index contributed by atoms with van der Waals surface area (Å²) in [5.74, 6) is 0.135. The molecule has 17 heavy (non-hydrogen) atoms. The van der Waals surface area contributed by atoms with Crippen LogP contribution < -0.4 is 5.32 Å². The van der Waals surface area contributed by atoms with Gasteiger partial charge in [-0.15, -0.1) is 0 Å². The van der Waals surface area contributed by atoms with Crippen LogP contribution in [0.3, 0.4) is 0 Å². The molecule has 0 saturated carbocycles. The Hall–Kier alpha value is -0.650. The van der Waals surface area contributed by atoms with Crippen LogP contribution >= 0.6 is 0 Å². The zero-order valence-electron chi connectivity index (χ0n) is 10.9. The van der Waals surface area contributed by atoms with Gasteiger partial charge in [-0.2, -0.15) is 0 Å². The van der Waals surface area contributed by atoms with Crippen LogP contribution in [0.25, 0.3) is 0 Å². The molecule has 2 aliphatic rings. The number of piperidine rings is 1. The third kappa shape index (κ3) is 3.18. The van der Waals surface area contributed by atoms with Crippen molar-refractivity contribution in [2.24, 2.45) is 0 Å². The highest BCUT2D eigenvalue weighted by molar-refractivity contribution is 5.78. The lowest BCUT2D eigenvalue weighted by Gasteiger charge is -2.45. The highest BCUT2D eigenvalue weighted by Crippen LogP contribution is 2.27. The lowest BCUT2D eigenvalue weighted by Crippen LogP contribution is -2.59. The predicted molar refractivity (Wildman–Crippen MR) is 65.9 cm³/mol. The number of hydrogen-bond donors (Lipinski definition) is 1. The molecule has 0 aromatic heterocycles. The molecule has 0 aromatic carbocycles. The van der Waals surface area contributed by atoms with Crippen LogP contribution in [0.1, 0.15) is 12.8 Å². The molecule has 98 valence electrons. The Balaban J connectivity index is 1.93. The van der Waals surface area contributed by atoms with Crippen LogP contribution in [0.2, 0.25) is 0 Å². The van der Waals surface area contributed by atoms with Crippen LogP contribution in [0.15, 0.2) is 0 Å². The van der Waals surface area contributed by atoms with E-state index in [1.807, 2.05) is 19.0 Å². The molecule has 0 bridgehead atoms. The number of rotatable bonds is 3. The highest BCUT2D eigenvalue weighted by atomic mass is 16.5. The van der Waals surface area contributed by atoms with Crippen molar-refractivity contribution in [1.29, 1.82) is 0 Å². The summed E-state index contributed by atoms with van der Waals surface area (Å²) in [5, 5.41) is 3.34. The van der Waals surface area contributed by atoms with Crippen molar-refractivity contribution < 1.29 is 9.53 Å². The normalized spacial score (nSPS) is 24.6. The summed E-state index contributed by atoms with van der Waals surface area (Å²) in [5.41, 5.74) is -0.0779. The standard InChI is InChI=1S/C12H23N3O2/c1-14(2)7-8-15-10-12(17-9-11(15)16)3-5-13-6-4-12/h13H,3-10H2,1-2H3. The summed E-state index contributed by atoms with van der Waals surface area (Å²) in [6.45, 7) is 4.74. The number of carbonyl (C=O) groups is 1. The minimum absolute atomic E-state index is 0.0779. The van der Waals surface area contributed by atoms with Crippen molar-refractivity contribution in [3.63, 3.8) is 0 Å². The van der Waals surface area contributed by atoms with E-state index >= 15 is 0 Å². The molecule has 2 aliphatic heterocycles. The molecular weight excluding hydrogens is 218 g/mol. The molecule has 5 nitrogen and oxygen atoms in total. The lowest BCUT2D eigenvalue weighted by molar-refractivity contribution is -0.168. The Kier molecular flexibility index (Phi) is 4.01. The number of ether oxygens (including phenoxy) is 1. The molecule has 1 N–H and O–H groups in total. The van der Waals surface area contributed by atoms with Gasteiger partial charge in [-0.05, 0) is 40.0 Å². The van der Waals surface area contributed by atoms with E-state index in [9.17, 15) is 4.79 Å². The van der Waals surface area contributed by atoms with E-state index in [4.69, 9.17) is 4.74 Å². The van der Waals surface area contributed by atoms with Gasteiger partial charge >= 0.3 is 0 Å². The van der Waals surface area contributed by atoms with Gasteiger partial charge in [0.25, 0.3) is 0 Å². The largest absolute Gasteiger partial charge is 0.363 e. The minimum Gasteiger partial charge on any atom is -0.363 e. The summed E-state index contributed by atoms with van der Waals surface area (Å²) < 4.78 is 5.81. The van der Waals surface area contributed by atoms with E-state index in [-0.39, 0.29) is 18.1 Å². The van der Waals surface area contributed by atoms with Crippen LogP contribution in [-0.4, -0.2) is 74.7 Å². The first kappa shape index (κ1) is 12.8. The van der Waals surface area contributed by atoms with E-state index in [0.717, 1.165) is 45.6 Å². The monoisotopic (exact) mass is 241 g/mol. The predicted octanol–water partition coefficient (Wildman–Crippen LogP) is -0.471. The highest BCUT2D eigenvalue weighted by Gasteiger charge is 2.40. The number of amides is 1. The van der Waals surface area contributed by atoms with Gasteiger partial charge in [0.1, 0.15) is 6.61 Å². The number of hydrogen-bond acceptors (Lipinski definition) is 4. The van der Waals surface area contributed by atoms with E-state index in [0.29, 0.717) is 0 Å². The molecule has 2 fully saturated rings. The maximum atomic E-state index is 11.8. The first-order valence-corrected chi connectivity index (χ1v) is 6.38. The van der Waals surface area contributed by atoms with Crippen molar-refractivity contribution >= 4 is 5.91 Å². The maximum absolute atomic E-state index is 11.8. The minimum atomic E-state index is -0.0779. The number of carbonyl (C=O) groups excluding carboxylic acids is 1. The second-order valence-electron chi connectivity index (χ2n) is 5.34. The van der Waals surface area contributed by atoms with Gasteiger partial charge in [0.15, 0.2) is 0 Å². The van der Waals surface area contributed by atoms with E-state index in [1.165, 1.54) is 0 Å². The zero-order chi connectivity index (χ0) is 12.3. The molecule has 2 rings (SSSR count). The Morgan fingerprint density at radius 2 is 2.12 bits per heavy atom. The summed E-state index contributed by atoms with van der Waals surface area (Å²) in [6, 6.07) is 0. The van der Waals surface area contributed by atoms with Gasteiger partial charge in [-0.3, -0.25) is 4.79 Å². The molecule has 5 heteroatoms. The lowest BCUT2D eigenvalue weighted by atomic mass is 9.90. The van der Waals surface area contributed by atoms with Crippen molar-refractivity contribution in [2.45, 2.75) is 18.4 Å².